The molecule has 0 saturated carbocycles. The highest BCUT2D eigenvalue weighted by Crippen LogP contribution is 2.10. The van der Waals surface area contributed by atoms with Crippen molar-refractivity contribution in [2.45, 2.75) is 13.0 Å². The molecule has 1 atom stereocenters. The molecular weight excluding hydrogens is 142 g/mol. The van der Waals surface area contributed by atoms with E-state index < -0.39 is 6.10 Å². The minimum absolute atomic E-state index is 0.350. The Hall–Kier alpha value is -1.22. The minimum atomic E-state index is -0.545. The predicted octanol–water partition coefficient (Wildman–Crippen LogP) is 0.947. The molecule has 3 heteroatoms. The number of aromatic nitrogens is 1. The molecule has 0 spiro atoms. The summed E-state index contributed by atoms with van der Waals surface area (Å²) in [4.78, 5) is 14.0. The number of carbonyl (C=O) groups excluding carboxylic acids is 1. The Balaban J connectivity index is 3.00. The number of nitrogens with zero attached hydrogens (tertiary/aromatic N) is 1. The van der Waals surface area contributed by atoms with Crippen molar-refractivity contribution in [1.29, 1.82) is 0 Å². The van der Waals surface area contributed by atoms with Crippen LogP contribution in [0, 0.1) is 0 Å². The van der Waals surface area contributed by atoms with E-state index in [0.717, 1.165) is 0 Å². The van der Waals surface area contributed by atoms with Gasteiger partial charge >= 0.3 is 0 Å². The average Bonchev–Trinajstić information content (AvgIpc) is 2.05. The first-order valence-corrected chi connectivity index (χ1v) is 3.33. The van der Waals surface area contributed by atoms with Gasteiger partial charge in [-0.3, -0.25) is 9.78 Å². The standard InChI is InChI=1S/C8H9NO2/c1-6(11)7-2-3-9-8(4-7)5-10/h2-6,11H,1H3. The zero-order chi connectivity index (χ0) is 8.27. The van der Waals surface area contributed by atoms with E-state index in [2.05, 4.69) is 4.98 Å². The van der Waals surface area contributed by atoms with Crippen molar-refractivity contribution in [2.75, 3.05) is 0 Å². The molecule has 1 aromatic heterocycles. The summed E-state index contributed by atoms with van der Waals surface area (Å²) in [6.45, 7) is 1.64. The second-order valence-electron chi connectivity index (χ2n) is 2.31. The molecule has 11 heavy (non-hydrogen) atoms. The maximum Gasteiger partial charge on any atom is 0.168 e. The van der Waals surface area contributed by atoms with E-state index >= 15 is 0 Å². The van der Waals surface area contributed by atoms with Crippen LogP contribution in [0.2, 0.25) is 0 Å². The van der Waals surface area contributed by atoms with Gasteiger partial charge in [0.1, 0.15) is 5.69 Å². The summed E-state index contributed by atoms with van der Waals surface area (Å²) in [7, 11) is 0. The van der Waals surface area contributed by atoms with Gasteiger partial charge in [-0.2, -0.15) is 0 Å². The molecule has 3 nitrogen and oxygen atoms in total. The van der Waals surface area contributed by atoms with Gasteiger partial charge in [0.05, 0.1) is 6.10 Å². The zero-order valence-electron chi connectivity index (χ0n) is 6.19. The molecule has 1 rings (SSSR count). The van der Waals surface area contributed by atoms with E-state index in [-0.39, 0.29) is 0 Å². The minimum Gasteiger partial charge on any atom is -0.389 e. The van der Waals surface area contributed by atoms with Crippen molar-refractivity contribution < 1.29 is 9.90 Å². The molecule has 0 amide bonds. The Kier molecular flexibility index (Phi) is 2.33. The lowest BCUT2D eigenvalue weighted by atomic mass is 10.1. The maximum atomic E-state index is 10.2. The van der Waals surface area contributed by atoms with Gasteiger partial charge in [0, 0.05) is 6.20 Å². The highest BCUT2D eigenvalue weighted by Gasteiger charge is 2.00. The summed E-state index contributed by atoms with van der Waals surface area (Å²) in [6.07, 6.45) is 1.62. The van der Waals surface area contributed by atoms with Gasteiger partial charge in [0.2, 0.25) is 0 Å². The second-order valence-corrected chi connectivity index (χ2v) is 2.31. The number of hydrogen-bond acceptors (Lipinski definition) is 3. The molecule has 0 aliphatic carbocycles. The van der Waals surface area contributed by atoms with E-state index in [1.807, 2.05) is 0 Å². The first-order valence-electron chi connectivity index (χ1n) is 3.33. The lowest BCUT2D eigenvalue weighted by Gasteiger charge is -2.02. The fourth-order valence-corrected chi connectivity index (χ4v) is 0.790. The number of aliphatic hydroxyl groups is 1. The smallest absolute Gasteiger partial charge is 0.168 e. The van der Waals surface area contributed by atoms with Gasteiger partial charge in [-0.05, 0) is 24.6 Å². The molecule has 0 fully saturated rings. The van der Waals surface area contributed by atoms with Crippen LogP contribution in [-0.4, -0.2) is 16.4 Å². The maximum absolute atomic E-state index is 10.2. The lowest BCUT2D eigenvalue weighted by Crippen LogP contribution is -1.94. The molecule has 0 radical (unpaired) electrons. The van der Waals surface area contributed by atoms with E-state index in [4.69, 9.17) is 5.11 Å². The quantitative estimate of drug-likeness (QED) is 0.640. The van der Waals surface area contributed by atoms with Gasteiger partial charge in [-0.25, -0.2) is 0 Å². The first-order chi connectivity index (χ1) is 5.24. The van der Waals surface area contributed by atoms with Crippen LogP contribution >= 0.6 is 0 Å². The summed E-state index contributed by atoms with van der Waals surface area (Å²) in [5.41, 5.74) is 1.06. The molecule has 1 aromatic rings. The molecule has 1 N–H and O–H groups in total. The molecule has 0 aliphatic rings. The zero-order valence-corrected chi connectivity index (χ0v) is 6.19. The molecule has 1 heterocycles. The van der Waals surface area contributed by atoms with Crippen LogP contribution in [0.25, 0.3) is 0 Å². The highest BCUT2D eigenvalue weighted by atomic mass is 16.3. The SMILES string of the molecule is CC(O)c1ccnc(C=O)c1. The summed E-state index contributed by atoms with van der Waals surface area (Å²) < 4.78 is 0. The third-order valence-electron chi connectivity index (χ3n) is 1.41. The Labute approximate surface area is 64.7 Å². The topological polar surface area (TPSA) is 50.2 Å². The molecule has 0 bridgehead atoms. The predicted molar refractivity (Wildman–Crippen MR) is 40.3 cm³/mol. The van der Waals surface area contributed by atoms with E-state index in [1.54, 1.807) is 19.1 Å². The second kappa shape index (κ2) is 3.25. The van der Waals surface area contributed by atoms with Crippen molar-refractivity contribution >= 4 is 6.29 Å². The van der Waals surface area contributed by atoms with Crippen molar-refractivity contribution in [1.82, 2.24) is 4.98 Å². The van der Waals surface area contributed by atoms with E-state index in [0.29, 0.717) is 17.5 Å². The fourth-order valence-electron chi connectivity index (χ4n) is 0.790. The fraction of sp³-hybridized carbons (Fsp3) is 0.250. The number of aldehydes is 1. The molecular formula is C8H9NO2. The highest BCUT2D eigenvalue weighted by molar-refractivity contribution is 5.71. The molecule has 0 aromatic carbocycles. The summed E-state index contributed by atoms with van der Waals surface area (Å²) in [5, 5.41) is 9.10. The van der Waals surface area contributed by atoms with Crippen molar-refractivity contribution in [2.24, 2.45) is 0 Å². The molecule has 1 unspecified atom stereocenters. The lowest BCUT2D eigenvalue weighted by molar-refractivity contribution is 0.111. The van der Waals surface area contributed by atoms with Crippen LogP contribution in [-0.2, 0) is 0 Å². The summed E-state index contributed by atoms with van der Waals surface area (Å²) in [6, 6.07) is 3.25. The van der Waals surface area contributed by atoms with Crippen LogP contribution in [0.15, 0.2) is 18.3 Å². The average molecular weight is 151 g/mol. The van der Waals surface area contributed by atoms with Crippen LogP contribution in [0.4, 0.5) is 0 Å². The molecule has 0 aliphatic heterocycles. The van der Waals surface area contributed by atoms with E-state index in [1.165, 1.54) is 6.20 Å². The van der Waals surface area contributed by atoms with Crippen molar-refractivity contribution in [3.63, 3.8) is 0 Å². The Morgan fingerprint density at radius 1 is 1.73 bits per heavy atom. The third-order valence-corrected chi connectivity index (χ3v) is 1.41. The van der Waals surface area contributed by atoms with Crippen LogP contribution < -0.4 is 0 Å². The van der Waals surface area contributed by atoms with Crippen LogP contribution in [0.3, 0.4) is 0 Å². The first kappa shape index (κ1) is 7.88. The number of aliphatic hydroxyl groups excluding tert-OH is 1. The van der Waals surface area contributed by atoms with Gasteiger partial charge < -0.3 is 5.11 Å². The summed E-state index contributed by atoms with van der Waals surface area (Å²) in [5.74, 6) is 0. The van der Waals surface area contributed by atoms with Crippen LogP contribution in [0.5, 0.6) is 0 Å². The Morgan fingerprint density at radius 3 is 3.00 bits per heavy atom. The summed E-state index contributed by atoms with van der Waals surface area (Å²) >= 11 is 0. The van der Waals surface area contributed by atoms with Crippen molar-refractivity contribution in [3.8, 4) is 0 Å². The largest absolute Gasteiger partial charge is 0.389 e. The monoisotopic (exact) mass is 151 g/mol. The molecule has 58 valence electrons. The van der Waals surface area contributed by atoms with Crippen molar-refractivity contribution in [3.05, 3.63) is 29.6 Å². The number of rotatable bonds is 2. The van der Waals surface area contributed by atoms with Gasteiger partial charge in [0.25, 0.3) is 0 Å². The van der Waals surface area contributed by atoms with Gasteiger partial charge in [-0.15, -0.1) is 0 Å². The van der Waals surface area contributed by atoms with Crippen LogP contribution in [0.1, 0.15) is 29.1 Å². The number of pyridine rings is 1. The third kappa shape index (κ3) is 1.85. The normalized spacial score (nSPS) is 12.5. The number of hydrogen-bond donors (Lipinski definition) is 1. The van der Waals surface area contributed by atoms with Gasteiger partial charge in [0.15, 0.2) is 6.29 Å². The van der Waals surface area contributed by atoms with E-state index in [9.17, 15) is 4.79 Å². The van der Waals surface area contributed by atoms with Gasteiger partial charge in [-0.1, -0.05) is 0 Å². The Morgan fingerprint density at radius 2 is 2.45 bits per heavy atom. The molecule has 0 saturated heterocycles. The number of carbonyl (C=O) groups is 1. The Bertz CT molecular complexity index is 258.